The largest absolute Gasteiger partial charge is 0.481 e. The van der Waals surface area contributed by atoms with Gasteiger partial charge in [-0.05, 0) is 42.8 Å². The van der Waals surface area contributed by atoms with Crippen LogP contribution in [0.1, 0.15) is 31.4 Å². The molecule has 1 aromatic heterocycles. The van der Waals surface area contributed by atoms with Crippen LogP contribution in [0.4, 0.5) is 0 Å². The van der Waals surface area contributed by atoms with Gasteiger partial charge >= 0.3 is 5.97 Å². The molecule has 1 fully saturated rings. The van der Waals surface area contributed by atoms with Crippen molar-refractivity contribution in [1.82, 2.24) is 20.5 Å². The van der Waals surface area contributed by atoms with E-state index in [0.29, 0.717) is 49.2 Å². The van der Waals surface area contributed by atoms with Crippen LogP contribution in [0.5, 0.6) is 0 Å². The highest BCUT2D eigenvalue weighted by Crippen LogP contribution is 2.24. The zero-order chi connectivity index (χ0) is 26.1. The molecule has 10 nitrogen and oxygen atoms in total. The maximum absolute atomic E-state index is 13.6. The van der Waals surface area contributed by atoms with Gasteiger partial charge in [-0.25, -0.2) is 0 Å². The molecule has 0 radical (unpaired) electrons. The van der Waals surface area contributed by atoms with E-state index in [0.717, 1.165) is 10.8 Å². The molecule has 0 aliphatic carbocycles. The van der Waals surface area contributed by atoms with Crippen LogP contribution in [0.15, 0.2) is 43.1 Å². The van der Waals surface area contributed by atoms with Gasteiger partial charge in [0.05, 0.1) is 31.0 Å². The molecule has 0 bridgehead atoms. The summed E-state index contributed by atoms with van der Waals surface area (Å²) >= 11 is 1.22. The first kappa shape index (κ1) is 27.2. The predicted molar refractivity (Wildman–Crippen MR) is 137 cm³/mol. The third-order valence-corrected chi connectivity index (χ3v) is 6.58. The van der Waals surface area contributed by atoms with Crippen molar-refractivity contribution >= 4 is 52.6 Å². The van der Waals surface area contributed by atoms with Crippen molar-refractivity contribution in [3.05, 3.63) is 48.8 Å². The molecule has 2 aromatic rings. The van der Waals surface area contributed by atoms with Gasteiger partial charge < -0.3 is 29.6 Å². The van der Waals surface area contributed by atoms with Crippen molar-refractivity contribution in [2.75, 3.05) is 19.4 Å². The molecular formula is C25H30N4O6S. The van der Waals surface area contributed by atoms with E-state index in [2.05, 4.69) is 22.2 Å². The number of amides is 2. The summed E-state index contributed by atoms with van der Waals surface area (Å²) in [6, 6.07) is 6.99. The number of hydrogen-bond acceptors (Lipinski definition) is 8. The van der Waals surface area contributed by atoms with Gasteiger partial charge in [0.1, 0.15) is 18.4 Å². The zero-order valence-corrected chi connectivity index (χ0v) is 20.8. The van der Waals surface area contributed by atoms with E-state index in [4.69, 9.17) is 9.29 Å². The molecular weight excluding hydrogens is 484 g/mol. The molecule has 2 heterocycles. The Morgan fingerprint density at radius 2 is 2.08 bits per heavy atom. The molecule has 2 amide bonds. The van der Waals surface area contributed by atoms with Crippen molar-refractivity contribution in [1.29, 1.82) is 0 Å². The van der Waals surface area contributed by atoms with E-state index >= 15 is 0 Å². The number of aldehydes is 1. The van der Waals surface area contributed by atoms with Gasteiger partial charge in [-0.2, -0.15) is 0 Å². The summed E-state index contributed by atoms with van der Waals surface area (Å²) in [6.07, 6.45) is 2.99. The fourth-order valence-corrected chi connectivity index (χ4v) is 4.75. The Morgan fingerprint density at radius 3 is 2.81 bits per heavy atom. The van der Waals surface area contributed by atoms with Crippen molar-refractivity contribution in [2.24, 2.45) is 0 Å². The van der Waals surface area contributed by atoms with E-state index in [9.17, 15) is 19.2 Å². The Labute approximate surface area is 213 Å². The predicted octanol–water partition coefficient (Wildman–Crippen LogP) is 2.00. The molecule has 192 valence electrons. The highest BCUT2D eigenvalue weighted by Gasteiger charge is 2.38. The Kier molecular flexibility index (Phi) is 9.83. The summed E-state index contributed by atoms with van der Waals surface area (Å²) in [5.74, 6) is -1.51. The first-order valence-corrected chi connectivity index (χ1v) is 12.5. The van der Waals surface area contributed by atoms with Crippen LogP contribution in [0.25, 0.3) is 16.5 Å². The second kappa shape index (κ2) is 13.0. The van der Waals surface area contributed by atoms with Crippen LogP contribution >= 0.6 is 12.0 Å². The molecule has 1 aliphatic rings. The number of nitrogens with zero attached hydrogens (tertiary/aromatic N) is 2. The fourth-order valence-electron chi connectivity index (χ4n) is 4.25. The lowest BCUT2D eigenvalue weighted by Crippen LogP contribution is -2.54. The first-order valence-electron chi connectivity index (χ1n) is 11.6. The summed E-state index contributed by atoms with van der Waals surface area (Å²) in [5.41, 5.74) is 1.11. The number of fused-ring (bicyclic) bond motifs is 1. The summed E-state index contributed by atoms with van der Waals surface area (Å²) in [5, 5.41) is 16.5. The monoisotopic (exact) mass is 514 g/mol. The average molecular weight is 515 g/mol. The Morgan fingerprint density at radius 1 is 1.31 bits per heavy atom. The Bertz CT molecular complexity index is 1120. The Hall–Kier alpha value is -3.44. The minimum Gasteiger partial charge on any atom is -0.481 e. The van der Waals surface area contributed by atoms with E-state index in [1.165, 1.54) is 16.9 Å². The van der Waals surface area contributed by atoms with Gasteiger partial charge in [-0.1, -0.05) is 30.8 Å². The number of carbonyl (C=O) groups excluding carboxylic acids is 3. The van der Waals surface area contributed by atoms with Gasteiger partial charge in [0.15, 0.2) is 0 Å². The number of aromatic nitrogens is 1. The second-order valence-corrected chi connectivity index (χ2v) is 9.35. The SMILES string of the molecule is C=C(N[C@@H](CCSOC)C(=O)N1CCC[C@H]1C(=O)N[C@H](C=O)CC(=O)O)c1nccc2ccccc12. The molecule has 3 N–H and O–H groups in total. The standard InChI is InChI=1S/C25H30N4O6S/c1-16(23-19-7-4-3-6-17(19)9-11-26-23)27-20(10-13-36-35-2)25(34)29-12-5-8-21(29)24(33)28-18(15-30)14-22(31)32/h3-4,6-7,9,11,15,18,20-21,27H,1,5,8,10,12-14H2,2H3,(H,28,33)(H,31,32)/t18-,20-,21-/m0/s1. The molecule has 1 aromatic carbocycles. The summed E-state index contributed by atoms with van der Waals surface area (Å²) in [4.78, 5) is 54.6. The molecule has 36 heavy (non-hydrogen) atoms. The van der Waals surface area contributed by atoms with Crippen LogP contribution in [0.3, 0.4) is 0 Å². The number of aliphatic carboxylic acids is 1. The van der Waals surface area contributed by atoms with E-state index < -0.39 is 36.4 Å². The summed E-state index contributed by atoms with van der Waals surface area (Å²) in [7, 11) is 1.55. The fraction of sp³-hybridized carbons (Fsp3) is 0.400. The normalized spacial score (nSPS) is 16.8. The third-order valence-electron chi connectivity index (χ3n) is 5.94. The van der Waals surface area contributed by atoms with Crippen LogP contribution in [0.2, 0.25) is 0 Å². The van der Waals surface area contributed by atoms with Gasteiger partial charge in [0.2, 0.25) is 11.8 Å². The molecule has 0 spiro atoms. The number of carboxylic acids is 1. The van der Waals surface area contributed by atoms with Gasteiger partial charge in [0.25, 0.3) is 0 Å². The zero-order valence-electron chi connectivity index (χ0n) is 20.0. The molecule has 3 atom stereocenters. The van der Waals surface area contributed by atoms with Crippen molar-refractivity contribution in [3.63, 3.8) is 0 Å². The number of rotatable bonds is 13. The highest BCUT2D eigenvalue weighted by atomic mass is 32.2. The maximum Gasteiger partial charge on any atom is 0.305 e. The van der Waals surface area contributed by atoms with Gasteiger partial charge in [0, 0.05) is 23.9 Å². The minimum atomic E-state index is -1.20. The molecule has 0 unspecified atom stereocenters. The number of carbonyl (C=O) groups is 4. The highest BCUT2D eigenvalue weighted by molar-refractivity contribution is 7.94. The van der Waals surface area contributed by atoms with Crippen molar-refractivity contribution in [3.8, 4) is 0 Å². The smallest absolute Gasteiger partial charge is 0.305 e. The molecule has 1 saturated heterocycles. The lowest BCUT2D eigenvalue weighted by molar-refractivity contribution is -0.142. The van der Waals surface area contributed by atoms with Crippen LogP contribution in [-0.4, -0.2) is 76.6 Å². The third kappa shape index (κ3) is 6.82. The second-order valence-electron chi connectivity index (χ2n) is 8.37. The number of pyridine rings is 1. The first-order chi connectivity index (χ1) is 17.3. The van der Waals surface area contributed by atoms with Gasteiger partial charge in [-0.3, -0.25) is 19.4 Å². The van der Waals surface area contributed by atoms with Crippen LogP contribution in [-0.2, 0) is 23.4 Å². The number of likely N-dealkylation sites (tertiary alicyclic amines) is 1. The lowest BCUT2D eigenvalue weighted by Gasteiger charge is -2.30. The van der Waals surface area contributed by atoms with Crippen LogP contribution < -0.4 is 10.6 Å². The minimum absolute atomic E-state index is 0.286. The Balaban J connectivity index is 1.77. The van der Waals surface area contributed by atoms with E-state index in [1.54, 1.807) is 13.3 Å². The molecule has 11 heteroatoms. The number of benzene rings is 1. The number of nitrogens with one attached hydrogen (secondary N) is 2. The molecule has 3 rings (SSSR count). The van der Waals surface area contributed by atoms with E-state index in [-0.39, 0.29) is 5.91 Å². The van der Waals surface area contributed by atoms with Crippen molar-refractivity contribution in [2.45, 2.75) is 43.8 Å². The number of hydrogen-bond donors (Lipinski definition) is 3. The maximum atomic E-state index is 13.6. The topological polar surface area (TPSA) is 138 Å². The molecule has 1 aliphatic heterocycles. The quantitative estimate of drug-likeness (QED) is 0.208. The molecule has 0 saturated carbocycles. The van der Waals surface area contributed by atoms with Gasteiger partial charge in [-0.15, -0.1) is 0 Å². The average Bonchev–Trinajstić information content (AvgIpc) is 3.37. The number of carboxylic acid groups (broad SMARTS) is 1. The summed E-state index contributed by atoms with van der Waals surface area (Å²) < 4.78 is 5.08. The summed E-state index contributed by atoms with van der Waals surface area (Å²) in [6.45, 7) is 4.50. The van der Waals surface area contributed by atoms with E-state index in [1.807, 2.05) is 30.3 Å². The van der Waals surface area contributed by atoms with Crippen LogP contribution in [0, 0.1) is 0 Å². The van der Waals surface area contributed by atoms with Crippen molar-refractivity contribution < 1.29 is 28.5 Å². The lowest BCUT2D eigenvalue weighted by atomic mass is 10.1.